The van der Waals surface area contributed by atoms with Gasteiger partial charge in [0.25, 0.3) is 5.91 Å². The number of ether oxygens (including phenoxy) is 1. The van der Waals surface area contributed by atoms with Gasteiger partial charge in [-0.3, -0.25) is 9.59 Å². The molecule has 2 N–H and O–H groups in total. The van der Waals surface area contributed by atoms with Crippen LogP contribution in [-0.2, 0) is 9.59 Å². The number of rotatable bonds is 5. The smallest absolute Gasteiger partial charge is 0.308 e. The van der Waals surface area contributed by atoms with Crippen molar-refractivity contribution in [2.75, 3.05) is 6.61 Å². The predicted molar refractivity (Wildman–Crippen MR) is 87.4 cm³/mol. The van der Waals surface area contributed by atoms with Crippen molar-refractivity contribution in [3.63, 3.8) is 0 Å². The van der Waals surface area contributed by atoms with E-state index in [1.807, 2.05) is 6.07 Å². The number of nitrogens with one attached hydrogen (secondary N) is 1. The minimum Gasteiger partial charge on any atom is -0.484 e. The van der Waals surface area contributed by atoms with Gasteiger partial charge >= 0.3 is 5.97 Å². The number of nitriles is 1. The highest BCUT2D eigenvalue weighted by molar-refractivity contribution is 5.79. The molecule has 1 aliphatic carbocycles. The van der Waals surface area contributed by atoms with Crippen LogP contribution in [0.3, 0.4) is 0 Å². The van der Waals surface area contributed by atoms with Gasteiger partial charge in [-0.25, -0.2) is 0 Å². The summed E-state index contributed by atoms with van der Waals surface area (Å²) in [4.78, 5) is 23.5. The monoisotopic (exact) mass is 330 g/mol. The molecule has 1 amide bonds. The van der Waals surface area contributed by atoms with E-state index in [4.69, 9.17) is 10.00 Å². The van der Waals surface area contributed by atoms with E-state index in [9.17, 15) is 14.7 Å². The van der Waals surface area contributed by atoms with Crippen molar-refractivity contribution >= 4 is 11.9 Å². The number of aliphatic carboxylic acids is 1. The Hall–Kier alpha value is -2.55. The molecule has 2 unspecified atom stereocenters. The molecule has 1 fully saturated rings. The maximum Gasteiger partial charge on any atom is 0.308 e. The van der Waals surface area contributed by atoms with Crippen LogP contribution in [0.4, 0.5) is 0 Å². The fourth-order valence-corrected chi connectivity index (χ4v) is 2.98. The average Bonchev–Trinajstić information content (AvgIpc) is 2.55. The van der Waals surface area contributed by atoms with Crippen molar-refractivity contribution < 1.29 is 19.4 Å². The number of carboxylic acids is 1. The Morgan fingerprint density at radius 3 is 2.46 bits per heavy atom. The molecule has 0 radical (unpaired) electrons. The quantitative estimate of drug-likeness (QED) is 0.864. The summed E-state index contributed by atoms with van der Waals surface area (Å²) in [6.07, 6.45) is 5.19. The molecule has 2 atom stereocenters. The number of carbonyl (C=O) groups is 2. The van der Waals surface area contributed by atoms with Gasteiger partial charge in [-0.15, -0.1) is 0 Å². The topological polar surface area (TPSA) is 99.4 Å². The van der Waals surface area contributed by atoms with E-state index in [1.54, 1.807) is 24.3 Å². The molecule has 6 heteroatoms. The van der Waals surface area contributed by atoms with Gasteiger partial charge in [0.05, 0.1) is 17.6 Å². The summed E-state index contributed by atoms with van der Waals surface area (Å²) in [7, 11) is 0. The van der Waals surface area contributed by atoms with Crippen molar-refractivity contribution in [1.29, 1.82) is 5.26 Å². The zero-order chi connectivity index (χ0) is 17.4. The molecule has 1 aromatic rings. The van der Waals surface area contributed by atoms with E-state index in [1.165, 1.54) is 0 Å². The van der Waals surface area contributed by atoms with Gasteiger partial charge in [-0.05, 0) is 37.1 Å². The molecule has 128 valence electrons. The minimum atomic E-state index is -0.852. The highest BCUT2D eigenvalue weighted by Crippen LogP contribution is 2.23. The number of hydrogen-bond acceptors (Lipinski definition) is 4. The molecule has 0 aliphatic heterocycles. The number of nitrogens with zero attached hydrogens (tertiary/aromatic N) is 1. The van der Waals surface area contributed by atoms with Gasteiger partial charge in [0.2, 0.25) is 0 Å². The highest BCUT2D eigenvalue weighted by Gasteiger charge is 2.29. The first-order valence-corrected chi connectivity index (χ1v) is 8.25. The average molecular weight is 330 g/mol. The van der Waals surface area contributed by atoms with Crippen LogP contribution in [0, 0.1) is 17.2 Å². The molecule has 0 aromatic heterocycles. The van der Waals surface area contributed by atoms with Crippen LogP contribution < -0.4 is 10.1 Å². The van der Waals surface area contributed by atoms with Crippen LogP contribution in [0.1, 0.15) is 44.1 Å². The van der Waals surface area contributed by atoms with Gasteiger partial charge in [0.15, 0.2) is 6.61 Å². The van der Waals surface area contributed by atoms with E-state index in [0.29, 0.717) is 24.2 Å². The largest absolute Gasteiger partial charge is 0.484 e. The third kappa shape index (κ3) is 5.27. The number of amides is 1. The van der Waals surface area contributed by atoms with Crippen molar-refractivity contribution in [3.8, 4) is 11.8 Å². The fourth-order valence-electron chi connectivity index (χ4n) is 2.98. The van der Waals surface area contributed by atoms with E-state index < -0.39 is 11.9 Å². The second kappa shape index (κ2) is 8.92. The van der Waals surface area contributed by atoms with E-state index >= 15 is 0 Å². The van der Waals surface area contributed by atoms with Gasteiger partial charge in [-0.1, -0.05) is 25.7 Å². The first kappa shape index (κ1) is 17.8. The molecular weight excluding hydrogens is 308 g/mol. The normalized spacial score (nSPS) is 21.0. The van der Waals surface area contributed by atoms with Crippen molar-refractivity contribution in [3.05, 3.63) is 29.8 Å². The van der Waals surface area contributed by atoms with E-state index in [2.05, 4.69) is 5.32 Å². The van der Waals surface area contributed by atoms with Gasteiger partial charge in [-0.2, -0.15) is 5.26 Å². The fraction of sp³-hybridized carbons (Fsp3) is 0.500. The van der Waals surface area contributed by atoms with Crippen LogP contribution in [-0.4, -0.2) is 29.6 Å². The highest BCUT2D eigenvalue weighted by atomic mass is 16.5. The second-order valence-electron chi connectivity index (χ2n) is 6.04. The minimum absolute atomic E-state index is 0.172. The molecule has 2 rings (SSSR count). The van der Waals surface area contributed by atoms with Crippen molar-refractivity contribution in [1.82, 2.24) is 5.32 Å². The Morgan fingerprint density at radius 1 is 1.17 bits per heavy atom. The Balaban J connectivity index is 1.88. The van der Waals surface area contributed by atoms with E-state index in [-0.39, 0.29) is 18.6 Å². The summed E-state index contributed by atoms with van der Waals surface area (Å²) < 4.78 is 5.39. The van der Waals surface area contributed by atoms with Crippen molar-refractivity contribution in [2.24, 2.45) is 5.92 Å². The lowest BCUT2D eigenvalue weighted by Crippen LogP contribution is -2.45. The zero-order valence-electron chi connectivity index (χ0n) is 13.5. The van der Waals surface area contributed by atoms with Crippen LogP contribution >= 0.6 is 0 Å². The summed E-state index contributed by atoms with van der Waals surface area (Å²) in [6, 6.07) is 8.14. The van der Waals surface area contributed by atoms with Gasteiger partial charge < -0.3 is 15.2 Å². The molecule has 24 heavy (non-hydrogen) atoms. The van der Waals surface area contributed by atoms with Crippen LogP contribution in [0.25, 0.3) is 0 Å². The van der Waals surface area contributed by atoms with Crippen LogP contribution in [0.15, 0.2) is 24.3 Å². The molecule has 1 aromatic carbocycles. The van der Waals surface area contributed by atoms with Crippen LogP contribution in [0.5, 0.6) is 5.75 Å². The zero-order valence-corrected chi connectivity index (χ0v) is 13.5. The van der Waals surface area contributed by atoms with Crippen LogP contribution in [0.2, 0.25) is 0 Å². The summed E-state index contributed by atoms with van der Waals surface area (Å²) in [5, 5.41) is 20.9. The summed E-state index contributed by atoms with van der Waals surface area (Å²) in [5.41, 5.74) is 0.519. The summed E-state index contributed by atoms with van der Waals surface area (Å²) >= 11 is 0. The third-order valence-corrected chi connectivity index (χ3v) is 4.28. The molecule has 0 saturated heterocycles. The Kier molecular flexibility index (Phi) is 6.62. The van der Waals surface area contributed by atoms with Gasteiger partial charge in [0.1, 0.15) is 5.75 Å². The Morgan fingerprint density at radius 2 is 1.83 bits per heavy atom. The predicted octanol–water partition coefficient (Wildman–Crippen LogP) is 2.48. The standard InChI is InChI=1S/C18H22N2O4/c19-11-13-7-9-14(10-8-13)24-12-17(21)20-16-6-4-2-1-3-5-15(16)18(22)23/h7-10,15-16H,1-6,12H2,(H,20,21)(H,22,23). The lowest BCUT2D eigenvalue weighted by atomic mass is 9.87. The Labute approximate surface area is 141 Å². The lowest BCUT2D eigenvalue weighted by molar-refractivity contribution is -0.143. The van der Waals surface area contributed by atoms with Crippen molar-refractivity contribution in [2.45, 2.75) is 44.6 Å². The Bertz CT molecular complexity index is 606. The number of benzene rings is 1. The maximum absolute atomic E-state index is 12.1. The summed E-state index contributed by atoms with van der Waals surface area (Å²) in [6.45, 7) is -0.172. The van der Waals surface area contributed by atoms with Gasteiger partial charge in [0, 0.05) is 6.04 Å². The molecule has 0 spiro atoms. The second-order valence-corrected chi connectivity index (χ2v) is 6.04. The maximum atomic E-state index is 12.1. The number of hydrogen-bond donors (Lipinski definition) is 2. The number of carbonyl (C=O) groups excluding carboxylic acids is 1. The molecular formula is C18H22N2O4. The lowest BCUT2D eigenvalue weighted by Gasteiger charge is -2.27. The molecule has 0 bridgehead atoms. The summed E-state index contributed by atoms with van der Waals surface area (Å²) in [5.74, 6) is -1.22. The van der Waals surface area contributed by atoms with E-state index in [0.717, 1.165) is 25.7 Å². The number of carboxylic acid groups (broad SMARTS) is 1. The third-order valence-electron chi connectivity index (χ3n) is 4.28. The molecule has 1 saturated carbocycles. The molecule has 6 nitrogen and oxygen atoms in total. The first-order valence-electron chi connectivity index (χ1n) is 8.25. The molecule has 0 heterocycles. The SMILES string of the molecule is N#Cc1ccc(OCC(=O)NC2CCCCCCC2C(=O)O)cc1. The first-order chi connectivity index (χ1) is 11.6. The molecule has 1 aliphatic rings.